The normalized spacial score (nSPS) is 12.8. The highest BCUT2D eigenvalue weighted by molar-refractivity contribution is 5.76. The number of aliphatic hydroxyl groups is 2. The van der Waals surface area contributed by atoms with Gasteiger partial charge in [0.2, 0.25) is 5.91 Å². The molecule has 0 saturated heterocycles. The van der Waals surface area contributed by atoms with Gasteiger partial charge in [-0.2, -0.15) is 0 Å². The van der Waals surface area contributed by atoms with E-state index >= 15 is 0 Å². The standard InChI is InChI=1S/C67H127NO5/c1-3-5-7-9-11-13-15-16-17-18-19-20-24-27-30-33-36-40-43-47-51-55-59-65(70)64(63-69)68-66(71)60-56-52-48-44-41-37-34-31-28-25-22-21-23-26-29-32-35-38-42-46-50-54-58-62-73-67(72)61-57-53-49-45-39-14-12-10-8-6-4-2/h10,12,21,23,25,28,64-65,69-70H,3-9,11,13-20,22,24,26-27,29-63H2,1-2H3,(H,68,71)/b12-10-,23-21-,28-25-. The largest absolute Gasteiger partial charge is 0.466 e. The van der Waals surface area contributed by atoms with E-state index in [1.807, 2.05) is 0 Å². The Labute approximate surface area is 455 Å². The Kier molecular flexibility index (Phi) is 61.0. The molecule has 0 aliphatic carbocycles. The van der Waals surface area contributed by atoms with Crippen molar-refractivity contribution in [2.75, 3.05) is 13.2 Å². The minimum absolute atomic E-state index is 0.00379. The fourth-order valence-corrected chi connectivity index (χ4v) is 10.1. The third-order valence-corrected chi connectivity index (χ3v) is 15.2. The minimum atomic E-state index is -0.672. The molecule has 0 bridgehead atoms. The third kappa shape index (κ3) is 59.2. The summed E-state index contributed by atoms with van der Waals surface area (Å²) in [5.41, 5.74) is 0. The van der Waals surface area contributed by atoms with Crippen molar-refractivity contribution in [2.24, 2.45) is 0 Å². The van der Waals surface area contributed by atoms with Crippen molar-refractivity contribution in [2.45, 2.75) is 366 Å². The summed E-state index contributed by atoms with van der Waals surface area (Å²) < 4.78 is 5.45. The maximum absolute atomic E-state index is 12.5. The molecular formula is C67H127NO5. The van der Waals surface area contributed by atoms with Gasteiger partial charge in [-0.25, -0.2) is 0 Å². The first kappa shape index (κ1) is 71.1. The number of unbranched alkanes of at least 4 members (excludes halogenated alkanes) is 44. The second-order valence-corrected chi connectivity index (χ2v) is 22.4. The van der Waals surface area contributed by atoms with Crippen LogP contribution in [0.2, 0.25) is 0 Å². The Balaban J connectivity index is 3.46. The van der Waals surface area contributed by atoms with E-state index in [0.717, 1.165) is 57.8 Å². The zero-order chi connectivity index (χ0) is 52.9. The third-order valence-electron chi connectivity index (χ3n) is 15.2. The van der Waals surface area contributed by atoms with Gasteiger partial charge in [-0.1, -0.05) is 301 Å². The lowest BCUT2D eigenvalue weighted by molar-refractivity contribution is -0.143. The van der Waals surface area contributed by atoms with Crippen LogP contribution in [0.1, 0.15) is 354 Å². The van der Waals surface area contributed by atoms with Crippen molar-refractivity contribution in [1.29, 1.82) is 0 Å². The van der Waals surface area contributed by atoms with Crippen LogP contribution in [0.25, 0.3) is 0 Å². The summed E-state index contributed by atoms with van der Waals surface area (Å²) in [4.78, 5) is 24.5. The molecule has 0 aliphatic heterocycles. The lowest BCUT2D eigenvalue weighted by Crippen LogP contribution is -2.45. The van der Waals surface area contributed by atoms with Gasteiger partial charge in [-0.3, -0.25) is 9.59 Å². The van der Waals surface area contributed by atoms with Crippen LogP contribution in [0.15, 0.2) is 36.5 Å². The maximum atomic E-state index is 12.5. The van der Waals surface area contributed by atoms with Gasteiger partial charge < -0.3 is 20.3 Å². The van der Waals surface area contributed by atoms with E-state index in [4.69, 9.17) is 4.74 Å². The van der Waals surface area contributed by atoms with Crippen molar-refractivity contribution >= 4 is 11.9 Å². The van der Waals surface area contributed by atoms with Crippen LogP contribution >= 0.6 is 0 Å². The molecule has 0 fully saturated rings. The molecule has 0 heterocycles. The number of carbonyl (C=O) groups excluding carboxylic acids is 2. The van der Waals surface area contributed by atoms with Crippen LogP contribution in [-0.2, 0) is 14.3 Å². The molecule has 0 aromatic heterocycles. The van der Waals surface area contributed by atoms with Gasteiger partial charge in [0.1, 0.15) is 0 Å². The second kappa shape index (κ2) is 62.6. The molecule has 1 amide bonds. The van der Waals surface area contributed by atoms with Gasteiger partial charge >= 0.3 is 5.97 Å². The van der Waals surface area contributed by atoms with Crippen LogP contribution in [-0.4, -0.2) is 47.4 Å². The number of hydrogen-bond donors (Lipinski definition) is 3. The van der Waals surface area contributed by atoms with E-state index in [0.29, 0.717) is 25.9 Å². The van der Waals surface area contributed by atoms with Gasteiger partial charge in [-0.05, 0) is 77.0 Å². The topological polar surface area (TPSA) is 95.9 Å². The number of carbonyl (C=O) groups is 2. The van der Waals surface area contributed by atoms with E-state index < -0.39 is 12.1 Å². The van der Waals surface area contributed by atoms with Crippen LogP contribution < -0.4 is 5.32 Å². The van der Waals surface area contributed by atoms with Crippen LogP contribution in [0.5, 0.6) is 0 Å². The van der Waals surface area contributed by atoms with Crippen molar-refractivity contribution in [3.05, 3.63) is 36.5 Å². The number of nitrogens with one attached hydrogen (secondary N) is 1. The number of esters is 1. The van der Waals surface area contributed by atoms with Crippen LogP contribution in [0, 0.1) is 0 Å². The molecule has 0 aromatic rings. The molecule has 0 rings (SSSR count). The molecule has 3 N–H and O–H groups in total. The first-order chi connectivity index (χ1) is 36.0. The zero-order valence-corrected chi connectivity index (χ0v) is 49.1. The summed E-state index contributed by atoms with van der Waals surface area (Å²) >= 11 is 0. The van der Waals surface area contributed by atoms with E-state index in [1.54, 1.807) is 0 Å². The number of ether oxygens (including phenoxy) is 1. The quantitative estimate of drug-likeness (QED) is 0.0320. The Morgan fingerprint density at radius 3 is 1.10 bits per heavy atom. The summed E-state index contributed by atoms with van der Waals surface area (Å²) in [6, 6.07) is -0.551. The first-order valence-corrected chi connectivity index (χ1v) is 32.7. The van der Waals surface area contributed by atoms with Crippen molar-refractivity contribution < 1.29 is 24.5 Å². The highest BCUT2D eigenvalue weighted by Crippen LogP contribution is 2.18. The molecule has 2 unspecified atom stereocenters. The Morgan fingerprint density at radius 1 is 0.384 bits per heavy atom. The molecule has 6 nitrogen and oxygen atoms in total. The zero-order valence-electron chi connectivity index (χ0n) is 49.1. The number of amides is 1. The summed E-state index contributed by atoms with van der Waals surface area (Å²) in [6.07, 6.45) is 78.8. The molecule has 430 valence electrons. The number of hydrogen-bond acceptors (Lipinski definition) is 5. The van der Waals surface area contributed by atoms with Gasteiger partial charge in [-0.15, -0.1) is 0 Å². The van der Waals surface area contributed by atoms with Gasteiger partial charge in [0, 0.05) is 12.8 Å². The Hall–Kier alpha value is -1.92. The molecular weight excluding hydrogens is 899 g/mol. The molecule has 0 spiro atoms. The summed E-state index contributed by atoms with van der Waals surface area (Å²) in [6.45, 7) is 4.93. The second-order valence-electron chi connectivity index (χ2n) is 22.4. The lowest BCUT2D eigenvalue weighted by Gasteiger charge is -2.22. The fourth-order valence-electron chi connectivity index (χ4n) is 10.1. The summed E-state index contributed by atoms with van der Waals surface area (Å²) in [5.74, 6) is -0.0460. The van der Waals surface area contributed by atoms with E-state index in [2.05, 4.69) is 55.6 Å². The van der Waals surface area contributed by atoms with Gasteiger partial charge in [0.25, 0.3) is 0 Å². The predicted molar refractivity (Wildman–Crippen MR) is 319 cm³/mol. The van der Waals surface area contributed by atoms with Crippen molar-refractivity contribution in [3.63, 3.8) is 0 Å². The SMILES string of the molecule is CCCC/C=C\CCCCCCCC(=O)OCCCCCCCCCCC/C=C\C/C=C\CCCCCCCCCC(=O)NC(CO)C(O)CCCCCCCCCCCCCCCCCCCCCCCC. The number of allylic oxidation sites excluding steroid dienone is 6. The molecule has 2 atom stereocenters. The van der Waals surface area contributed by atoms with Crippen molar-refractivity contribution in [3.8, 4) is 0 Å². The number of rotatable bonds is 61. The minimum Gasteiger partial charge on any atom is -0.466 e. The highest BCUT2D eigenvalue weighted by atomic mass is 16.5. The van der Waals surface area contributed by atoms with Crippen LogP contribution in [0.4, 0.5) is 0 Å². The smallest absolute Gasteiger partial charge is 0.305 e. The van der Waals surface area contributed by atoms with Crippen molar-refractivity contribution in [1.82, 2.24) is 5.32 Å². The lowest BCUT2D eigenvalue weighted by atomic mass is 10.0. The molecule has 6 heteroatoms. The Bertz CT molecular complexity index is 1180. The maximum Gasteiger partial charge on any atom is 0.305 e. The molecule has 0 aromatic carbocycles. The summed E-state index contributed by atoms with van der Waals surface area (Å²) in [7, 11) is 0. The predicted octanol–water partition coefficient (Wildman–Crippen LogP) is 20.8. The van der Waals surface area contributed by atoms with E-state index in [9.17, 15) is 19.8 Å². The average molecular weight is 1030 g/mol. The average Bonchev–Trinajstić information content (AvgIpc) is 3.39. The first-order valence-electron chi connectivity index (χ1n) is 32.7. The molecule has 0 saturated carbocycles. The highest BCUT2D eigenvalue weighted by Gasteiger charge is 2.20. The van der Waals surface area contributed by atoms with Gasteiger partial charge in [0.05, 0.1) is 25.4 Å². The van der Waals surface area contributed by atoms with Crippen LogP contribution in [0.3, 0.4) is 0 Å². The Morgan fingerprint density at radius 2 is 0.699 bits per heavy atom. The number of aliphatic hydroxyl groups excluding tert-OH is 2. The molecule has 0 radical (unpaired) electrons. The van der Waals surface area contributed by atoms with Gasteiger partial charge in [0.15, 0.2) is 0 Å². The fraction of sp³-hybridized carbons (Fsp3) is 0.881. The van der Waals surface area contributed by atoms with E-state index in [-0.39, 0.29) is 18.5 Å². The summed E-state index contributed by atoms with van der Waals surface area (Å²) in [5, 5.41) is 23.4. The molecule has 73 heavy (non-hydrogen) atoms. The monoisotopic (exact) mass is 1030 g/mol. The van der Waals surface area contributed by atoms with E-state index in [1.165, 1.54) is 263 Å². The molecule has 0 aliphatic rings.